The summed E-state index contributed by atoms with van der Waals surface area (Å²) in [5.74, 6) is -0.179. The Morgan fingerprint density at radius 3 is 3.06 bits per heavy atom. The number of piperidine rings is 1. The van der Waals surface area contributed by atoms with Crippen LogP contribution in [0.15, 0.2) is 18.3 Å². The van der Waals surface area contributed by atoms with E-state index in [4.69, 9.17) is 0 Å². The molecule has 1 aromatic heterocycles. The number of nitrogens with zero attached hydrogens (tertiary/aromatic N) is 1. The summed E-state index contributed by atoms with van der Waals surface area (Å²) >= 11 is 0. The molecule has 1 fully saturated rings. The van der Waals surface area contributed by atoms with Crippen LogP contribution in [-0.2, 0) is 4.79 Å². The number of likely N-dealkylation sites (tertiary alicyclic amines) is 1. The van der Waals surface area contributed by atoms with Gasteiger partial charge in [-0.3, -0.25) is 9.69 Å². The average Bonchev–Trinajstić information content (AvgIpc) is 2.71. The van der Waals surface area contributed by atoms with E-state index in [9.17, 15) is 9.90 Å². The van der Waals surface area contributed by atoms with Gasteiger partial charge in [0.05, 0.1) is 0 Å². The molecule has 0 spiro atoms. The summed E-state index contributed by atoms with van der Waals surface area (Å²) < 4.78 is 0. The van der Waals surface area contributed by atoms with Crippen LogP contribution in [0.5, 0.6) is 0 Å². The minimum Gasteiger partial charge on any atom is -0.480 e. The lowest BCUT2D eigenvalue weighted by Crippen LogP contribution is -2.40. The van der Waals surface area contributed by atoms with Crippen LogP contribution in [-0.4, -0.2) is 34.0 Å². The summed E-state index contributed by atoms with van der Waals surface area (Å²) in [6, 6.07) is 3.18. The van der Waals surface area contributed by atoms with E-state index >= 15 is 0 Å². The van der Waals surface area contributed by atoms with Gasteiger partial charge in [0, 0.05) is 18.4 Å². The second-order valence-electron chi connectivity index (χ2n) is 4.61. The van der Waals surface area contributed by atoms with Gasteiger partial charge >= 0.3 is 5.97 Å². The first kappa shape index (κ1) is 11.2. The van der Waals surface area contributed by atoms with Gasteiger partial charge in [0.2, 0.25) is 0 Å². The first-order valence-corrected chi connectivity index (χ1v) is 5.78. The van der Waals surface area contributed by atoms with Crippen molar-refractivity contribution in [2.24, 2.45) is 5.92 Å². The van der Waals surface area contributed by atoms with Crippen molar-refractivity contribution in [3.05, 3.63) is 24.0 Å². The Balaban J connectivity index is 2.16. The van der Waals surface area contributed by atoms with Crippen LogP contribution >= 0.6 is 0 Å². The second kappa shape index (κ2) is 4.70. The van der Waals surface area contributed by atoms with Crippen LogP contribution in [0.4, 0.5) is 0 Å². The standard InChI is InChI=1S/C12H18N2O2/c1-9-4-3-7-14(8-9)11(12(15)16)10-5-2-6-13-10/h2,5-6,9,11,13H,3-4,7-8H2,1H3,(H,15,16). The Hall–Kier alpha value is -1.29. The van der Waals surface area contributed by atoms with Crippen molar-refractivity contribution in [1.82, 2.24) is 9.88 Å². The normalized spacial score (nSPS) is 24.2. The van der Waals surface area contributed by atoms with Crippen LogP contribution in [0.25, 0.3) is 0 Å². The second-order valence-corrected chi connectivity index (χ2v) is 4.61. The highest BCUT2D eigenvalue weighted by molar-refractivity contribution is 5.74. The third-order valence-electron chi connectivity index (χ3n) is 3.20. The van der Waals surface area contributed by atoms with E-state index in [2.05, 4.69) is 16.8 Å². The summed E-state index contributed by atoms with van der Waals surface area (Å²) in [6.07, 6.45) is 4.07. The third-order valence-corrected chi connectivity index (χ3v) is 3.20. The fourth-order valence-corrected chi connectivity index (χ4v) is 2.46. The highest BCUT2D eigenvalue weighted by Gasteiger charge is 2.30. The number of rotatable bonds is 3. The number of nitrogens with one attached hydrogen (secondary N) is 1. The molecule has 2 rings (SSSR count). The van der Waals surface area contributed by atoms with E-state index in [1.165, 1.54) is 6.42 Å². The molecule has 0 amide bonds. The van der Waals surface area contributed by atoms with Gasteiger partial charge in [-0.25, -0.2) is 0 Å². The van der Waals surface area contributed by atoms with E-state index in [0.717, 1.165) is 25.2 Å². The molecule has 16 heavy (non-hydrogen) atoms. The van der Waals surface area contributed by atoms with E-state index in [-0.39, 0.29) is 0 Å². The Bertz CT molecular complexity index is 348. The maximum Gasteiger partial charge on any atom is 0.327 e. The van der Waals surface area contributed by atoms with Gasteiger partial charge in [0.25, 0.3) is 0 Å². The number of carboxylic acid groups (broad SMARTS) is 1. The summed E-state index contributed by atoms with van der Waals surface area (Å²) in [4.78, 5) is 16.4. The molecule has 88 valence electrons. The molecule has 0 aliphatic carbocycles. The number of aliphatic carboxylic acids is 1. The largest absolute Gasteiger partial charge is 0.480 e. The van der Waals surface area contributed by atoms with Gasteiger partial charge < -0.3 is 10.1 Å². The molecule has 1 aliphatic rings. The maximum absolute atomic E-state index is 11.3. The molecule has 0 radical (unpaired) electrons. The van der Waals surface area contributed by atoms with Crippen molar-refractivity contribution in [3.63, 3.8) is 0 Å². The Morgan fingerprint density at radius 2 is 2.50 bits per heavy atom. The molecule has 1 aromatic rings. The molecular weight excluding hydrogens is 204 g/mol. The highest BCUT2D eigenvalue weighted by Crippen LogP contribution is 2.26. The average molecular weight is 222 g/mol. The van der Waals surface area contributed by atoms with Gasteiger partial charge in [-0.1, -0.05) is 6.92 Å². The topological polar surface area (TPSA) is 56.3 Å². The number of carboxylic acids is 1. The SMILES string of the molecule is CC1CCCN(C(C(=O)O)c2ccc[nH]2)C1. The minimum atomic E-state index is -0.767. The summed E-state index contributed by atoms with van der Waals surface area (Å²) in [6.45, 7) is 3.93. The molecule has 1 aliphatic heterocycles. The van der Waals surface area contributed by atoms with Gasteiger partial charge in [-0.15, -0.1) is 0 Å². The number of aromatic nitrogens is 1. The molecule has 4 nitrogen and oxygen atoms in total. The van der Waals surface area contributed by atoms with Crippen molar-refractivity contribution < 1.29 is 9.90 Å². The Morgan fingerprint density at radius 1 is 1.69 bits per heavy atom. The van der Waals surface area contributed by atoms with Gasteiger partial charge in [-0.05, 0) is 37.4 Å². The Labute approximate surface area is 95.3 Å². The van der Waals surface area contributed by atoms with Crippen molar-refractivity contribution in [1.29, 1.82) is 0 Å². The van der Waals surface area contributed by atoms with E-state index < -0.39 is 12.0 Å². The summed E-state index contributed by atoms with van der Waals surface area (Å²) in [5, 5.41) is 9.32. The molecule has 1 saturated heterocycles. The maximum atomic E-state index is 11.3. The molecule has 2 atom stereocenters. The van der Waals surface area contributed by atoms with Crippen LogP contribution in [0.1, 0.15) is 31.5 Å². The lowest BCUT2D eigenvalue weighted by atomic mass is 9.98. The predicted octanol–water partition coefficient (Wildman–Crippen LogP) is 1.87. The number of H-pyrrole nitrogens is 1. The van der Waals surface area contributed by atoms with E-state index in [1.807, 2.05) is 12.1 Å². The smallest absolute Gasteiger partial charge is 0.327 e. The van der Waals surface area contributed by atoms with Gasteiger partial charge in [0.15, 0.2) is 0 Å². The van der Waals surface area contributed by atoms with Crippen LogP contribution in [0.3, 0.4) is 0 Å². The molecule has 0 bridgehead atoms. The first-order chi connectivity index (χ1) is 7.68. The summed E-state index contributed by atoms with van der Waals surface area (Å²) in [5.41, 5.74) is 0.779. The number of aromatic amines is 1. The van der Waals surface area contributed by atoms with Crippen molar-refractivity contribution in [2.45, 2.75) is 25.8 Å². The zero-order chi connectivity index (χ0) is 11.5. The number of hydrogen-bond acceptors (Lipinski definition) is 2. The number of hydrogen-bond donors (Lipinski definition) is 2. The fourth-order valence-electron chi connectivity index (χ4n) is 2.46. The van der Waals surface area contributed by atoms with Crippen LogP contribution < -0.4 is 0 Å². The van der Waals surface area contributed by atoms with Crippen molar-refractivity contribution in [2.75, 3.05) is 13.1 Å². The predicted molar refractivity (Wildman–Crippen MR) is 61.1 cm³/mol. The quantitative estimate of drug-likeness (QED) is 0.821. The monoisotopic (exact) mass is 222 g/mol. The van der Waals surface area contributed by atoms with E-state index in [0.29, 0.717) is 5.92 Å². The molecule has 4 heteroatoms. The molecule has 0 aromatic carbocycles. The zero-order valence-corrected chi connectivity index (χ0v) is 9.52. The molecular formula is C12H18N2O2. The van der Waals surface area contributed by atoms with Crippen LogP contribution in [0, 0.1) is 5.92 Å². The Kier molecular flexibility index (Phi) is 3.29. The van der Waals surface area contributed by atoms with Crippen molar-refractivity contribution in [3.8, 4) is 0 Å². The zero-order valence-electron chi connectivity index (χ0n) is 9.52. The third kappa shape index (κ3) is 2.27. The first-order valence-electron chi connectivity index (χ1n) is 5.78. The molecule has 2 unspecified atom stereocenters. The van der Waals surface area contributed by atoms with Gasteiger partial charge in [0.1, 0.15) is 6.04 Å². The van der Waals surface area contributed by atoms with Crippen molar-refractivity contribution >= 4 is 5.97 Å². The highest BCUT2D eigenvalue weighted by atomic mass is 16.4. The minimum absolute atomic E-state index is 0.516. The van der Waals surface area contributed by atoms with E-state index in [1.54, 1.807) is 6.20 Å². The van der Waals surface area contributed by atoms with Crippen LogP contribution in [0.2, 0.25) is 0 Å². The molecule has 2 N–H and O–H groups in total. The summed E-state index contributed by atoms with van der Waals surface area (Å²) in [7, 11) is 0. The fraction of sp³-hybridized carbons (Fsp3) is 0.583. The lowest BCUT2D eigenvalue weighted by Gasteiger charge is -2.34. The lowest BCUT2D eigenvalue weighted by molar-refractivity contribution is -0.144. The molecule has 2 heterocycles. The molecule has 0 saturated carbocycles. The number of carbonyl (C=O) groups is 1. The van der Waals surface area contributed by atoms with Gasteiger partial charge in [-0.2, -0.15) is 0 Å².